The molecule has 0 unspecified atom stereocenters. The predicted octanol–water partition coefficient (Wildman–Crippen LogP) is 3.87. The lowest BCUT2D eigenvalue weighted by molar-refractivity contribution is -0.128. The number of benzene rings is 1. The number of fused-ring (bicyclic) bond motifs is 1. The van der Waals surface area contributed by atoms with E-state index in [2.05, 4.69) is 15.8 Å². The van der Waals surface area contributed by atoms with Crippen LogP contribution in [0, 0.1) is 5.41 Å². The number of allylic oxidation sites excluding steroid dienone is 2. The summed E-state index contributed by atoms with van der Waals surface area (Å²) in [5, 5.41) is 26.7. The molecule has 1 heterocycles. The summed E-state index contributed by atoms with van der Waals surface area (Å²) >= 11 is 5.56. The summed E-state index contributed by atoms with van der Waals surface area (Å²) in [5.41, 5.74) is 6.04. The fourth-order valence-electron chi connectivity index (χ4n) is 3.30. The molecule has 9 heteroatoms. The van der Waals surface area contributed by atoms with E-state index in [1.54, 1.807) is 0 Å². The number of hydrogen-bond donors (Lipinski definition) is 4. The Kier molecular flexibility index (Phi) is 9.83. The SMILES string of the molecule is CC(=C\CC(C)(C)C(=O)NC/C=C/O)/C(C)=N/NC(=S)N(C)c1cccc2c1ccn2CCO. The summed E-state index contributed by atoms with van der Waals surface area (Å²) in [6.07, 6.45) is 6.87. The molecule has 0 aliphatic rings. The van der Waals surface area contributed by atoms with Gasteiger partial charge in [-0.05, 0) is 62.3 Å². The van der Waals surface area contributed by atoms with Crippen molar-refractivity contribution in [2.24, 2.45) is 10.5 Å². The molecular weight excluding hydrogens is 450 g/mol. The van der Waals surface area contributed by atoms with Gasteiger partial charge in [0.1, 0.15) is 0 Å². The van der Waals surface area contributed by atoms with Gasteiger partial charge in [0.25, 0.3) is 0 Å². The van der Waals surface area contributed by atoms with E-state index in [0.717, 1.165) is 34.1 Å². The summed E-state index contributed by atoms with van der Waals surface area (Å²) in [6.45, 7) is 8.48. The number of thiocarbonyl (C=S) groups is 1. The number of hydrogen-bond acceptors (Lipinski definition) is 5. The fraction of sp³-hybridized carbons (Fsp3) is 0.400. The van der Waals surface area contributed by atoms with Gasteiger partial charge in [-0.2, -0.15) is 5.10 Å². The van der Waals surface area contributed by atoms with E-state index < -0.39 is 5.41 Å². The highest BCUT2D eigenvalue weighted by Crippen LogP contribution is 2.27. The third kappa shape index (κ3) is 6.91. The van der Waals surface area contributed by atoms with Crippen LogP contribution in [-0.4, -0.2) is 51.7 Å². The third-order valence-electron chi connectivity index (χ3n) is 5.71. The third-order valence-corrected chi connectivity index (χ3v) is 6.07. The molecule has 8 nitrogen and oxygen atoms in total. The zero-order valence-electron chi connectivity index (χ0n) is 20.5. The minimum Gasteiger partial charge on any atom is -0.516 e. The average Bonchev–Trinajstić information content (AvgIpc) is 3.23. The van der Waals surface area contributed by atoms with Crippen molar-refractivity contribution in [2.45, 2.75) is 40.7 Å². The molecule has 0 spiro atoms. The van der Waals surface area contributed by atoms with Crippen LogP contribution in [0.1, 0.15) is 34.1 Å². The molecular formula is C25H35N5O3S. The maximum absolute atomic E-state index is 12.3. The predicted molar refractivity (Wildman–Crippen MR) is 143 cm³/mol. The van der Waals surface area contributed by atoms with E-state index in [4.69, 9.17) is 17.3 Å². The first-order valence-electron chi connectivity index (χ1n) is 11.1. The van der Waals surface area contributed by atoms with Gasteiger partial charge < -0.3 is 25.0 Å². The lowest BCUT2D eigenvalue weighted by Gasteiger charge is -2.22. The Morgan fingerprint density at radius 1 is 1.29 bits per heavy atom. The molecule has 1 aromatic carbocycles. The number of nitrogens with zero attached hydrogens (tertiary/aromatic N) is 3. The number of nitrogens with one attached hydrogen (secondary N) is 2. The Hall–Kier alpha value is -3.17. The lowest BCUT2D eigenvalue weighted by Crippen LogP contribution is -2.36. The highest BCUT2D eigenvalue weighted by molar-refractivity contribution is 7.80. The largest absolute Gasteiger partial charge is 0.516 e. The molecule has 0 saturated heterocycles. The average molecular weight is 486 g/mol. The number of hydrazone groups is 1. The van der Waals surface area contributed by atoms with E-state index in [0.29, 0.717) is 18.1 Å². The molecule has 0 radical (unpaired) electrons. The van der Waals surface area contributed by atoms with Crippen molar-refractivity contribution in [1.29, 1.82) is 0 Å². The summed E-state index contributed by atoms with van der Waals surface area (Å²) in [4.78, 5) is 14.2. The van der Waals surface area contributed by atoms with Crippen LogP contribution in [0.2, 0.25) is 0 Å². The number of amides is 1. The molecule has 34 heavy (non-hydrogen) atoms. The monoisotopic (exact) mass is 485 g/mol. The molecule has 2 rings (SSSR count). The van der Waals surface area contributed by atoms with Crippen molar-refractivity contribution in [1.82, 2.24) is 15.3 Å². The normalized spacial score (nSPS) is 12.9. The molecule has 4 N–H and O–H groups in total. The number of aromatic nitrogens is 1. The fourth-order valence-corrected chi connectivity index (χ4v) is 3.44. The van der Waals surface area contributed by atoms with Gasteiger partial charge in [0.2, 0.25) is 5.91 Å². The topological polar surface area (TPSA) is 102 Å². The van der Waals surface area contributed by atoms with Gasteiger partial charge in [0.15, 0.2) is 5.11 Å². The van der Waals surface area contributed by atoms with Gasteiger partial charge in [0, 0.05) is 37.1 Å². The minimum atomic E-state index is -0.598. The van der Waals surface area contributed by atoms with E-state index in [1.807, 2.05) is 80.7 Å². The molecule has 2 aromatic rings. The molecule has 1 amide bonds. The molecule has 0 aliphatic heterocycles. The van der Waals surface area contributed by atoms with Gasteiger partial charge in [-0.15, -0.1) is 0 Å². The summed E-state index contributed by atoms with van der Waals surface area (Å²) in [6, 6.07) is 7.98. The van der Waals surface area contributed by atoms with Crippen LogP contribution in [-0.2, 0) is 11.3 Å². The Balaban J connectivity index is 2.04. The van der Waals surface area contributed by atoms with Gasteiger partial charge in [0.05, 0.1) is 29.8 Å². The van der Waals surface area contributed by atoms with Crippen molar-refractivity contribution >= 4 is 45.5 Å². The molecule has 0 aliphatic carbocycles. The second-order valence-electron chi connectivity index (χ2n) is 8.69. The Bertz CT molecular complexity index is 1100. The Labute approximate surface area is 206 Å². The number of anilines is 1. The summed E-state index contributed by atoms with van der Waals surface area (Å²) < 4.78 is 2.00. The molecule has 0 fully saturated rings. The van der Waals surface area contributed by atoms with Crippen LogP contribution in [0.5, 0.6) is 0 Å². The number of carbonyl (C=O) groups excluding carboxylic acids is 1. The number of aliphatic hydroxyl groups excluding tert-OH is 2. The maximum Gasteiger partial charge on any atom is 0.226 e. The van der Waals surface area contributed by atoms with Crippen molar-refractivity contribution < 1.29 is 15.0 Å². The van der Waals surface area contributed by atoms with Crippen molar-refractivity contribution in [3.05, 3.63) is 54.4 Å². The number of aliphatic hydroxyl groups is 2. The zero-order chi connectivity index (χ0) is 25.3. The standard InChI is InChI=1S/C25H35N5O3S/c1-18(10-12-25(3,4)23(33)26-13-7-16-31)19(2)27-28-24(34)29(5)21-8-6-9-22-20(21)11-14-30(22)15-17-32/h6-11,14,16,31-32H,12-13,15,17H2,1-5H3,(H,26,33)(H,28,34)/b16-7+,18-10+,27-19+. The lowest BCUT2D eigenvalue weighted by atomic mass is 9.87. The highest BCUT2D eigenvalue weighted by Gasteiger charge is 2.25. The molecule has 0 saturated carbocycles. The van der Waals surface area contributed by atoms with E-state index >= 15 is 0 Å². The second kappa shape index (κ2) is 12.3. The Morgan fingerprint density at radius 2 is 2.03 bits per heavy atom. The smallest absolute Gasteiger partial charge is 0.226 e. The van der Waals surface area contributed by atoms with Gasteiger partial charge >= 0.3 is 0 Å². The van der Waals surface area contributed by atoms with Gasteiger partial charge in [-0.25, -0.2) is 0 Å². The first-order chi connectivity index (χ1) is 16.1. The van der Waals surface area contributed by atoms with Crippen molar-refractivity contribution in [3.63, 3.8) is 0 Å². The van der Waals surface area contributed by atoms with Crippen LogP contribution in [0.3, 0.4) is 0 Å². The van der Waals surface area contributed by atoms with Crippen molar-refractivity contribution in [2.75, 3.05) is 25.1 Å². The first kappa shape index (κ1) is 27.1. The summed E-state index contributed by atoms with van der Waals surface area (Å²) in [7, 11) is 1.88. The van der Waals surface area contributed by atoms with Gasteiger partial charge in [-0.1, -0.05) is 26.0 Å². The zero-order valence-corrected chi connectivity index (χ0v) is 21.3. The number of carbonyl (C=O) groups is 1. The van der Waals surface area contributed by atoms with Crippen molar-refractivity contribution in [3.8, 4) is 0 Å². The molecule has 0 atom stereocenters. The molecule has 184 valence electrons. The van der Waals surface area contributed by atoms with Gasteiger partial charge in [-0.3, -0.25) is 10.2 Å². The highest BCUT2D eigenvalue weighted by atomic mass is 32.1. The van der Waals surface area contributed by atoms with E-state index in [1.165, 1.54) is 6.08 Å². The van der Waals surface area contributed by atoms with Crippen LogP contribution < -0.4 is 15.6 Å². The van der Waals surface area contributed by atoms with E-state index in [-0.39, 0.29) is 19.1 Å². The Morgan fingerprint density at radius 3 is 2.71 bits per heavy atom. The molecule has 0 bridgehead atoms. The summed E-state index contributed by atoms with van der Waals surface area (Å²) in [5.74, 6) is -0.0906. The van der Waals surface area contributed by atoms with Crippen LogP contribution in [0.15, 0.2) is 59.6 Å². The van der Waals surface area contributed by atoms with Crippen LogP contribution >= 0.6 is 12.2 Å². The quantitative estimate of drug-likeness (QED) is 0.176. The first-order valence-corrected chi connectivity index (χ1v) is 11.5. The minimum absolute atomic E-state index is 0.0770. The van der Waals surface area contributed by atoms with Crippen LogP contribution in [0.4, 0.5) is 5.69 Å². The maximum atomic E-state index is 12.3. The molecule has 1 aromatic heterocycles. The van der Waals surface area contributed by atoms with Crippen LogP contribution in [0.25, 0.3) is 10.9 Å². The van der Waals surface area contributed by atoms with E-state index in [9.17, 15) is 9.90 Å². The second-order valence-corrected chi connectivity index (χ2v) is 9.07. The number of rotatable bonds is 10.